The van der Waals surface area contributed by atoms with Crippen molar-refractivity contribution in [1.82, 2.24) is 5.32 Å². The van der Waals surface area contributed by atoms with Gasteiger partial charge < -0.3 is 10.1 Å². The summed E-state index contributed by atoms with van der Waals surface area (Å²) in [7, 11) is 0. The third-order valence-corrected chi connectivity index (χ3v) is 5.79. The van der Waals surface area contributed by atoms with Crippen LogP contribution in [-0.2, 0) is 20.7 Å². The van der Waals surface area contributed by atoms with Crippen LogP contribution in [-0.4, -0.2) is 24.5 Å². The van der Waals surface area contributed by atoms with Crippen LogP contribution in [0.3, 0.4) is 0 Å². The van der Waals surface area contributed by atoms with Crippen LogP contribution in [0, 0.1) is 17.8 Å². The van der Waals surface area contributed by atoms with Crippen LogP contribution in [0.4, 0.5) is 0 Å². The number of benzene rings is 1. The maximum atomic E-state index is 12.0. The molecule has 2 saturated carbocycles. The van der Waals surface area contributed by atoms with Gasteiger partial charge in [0, 0.05) is 12.5 Å². The number of nitrogens with one attached hydrogen (secondary N) is 1. The summed E-state index contributed by atoms with van der Waals surface area (Å²) in [5, 5.41) is 2.91. The number of hydrogen-bond acceptors (Lipinski definition) is 3. The number of esters is 1. The Labute approximate surface area is 150 Å². The molecule has 2 fully saturated rings. The van der Waals surface area contributed by atoms with Gasteiger partial charge in [-0.2, -0.15) is 0 Å². The van der Waals surface area contributed by atoms with E-state index in [1.165, 1.54) is 31.2 Å². The standard InChI is InChI=1S/C21H29NO3/c1-15(7-8-16-5-3-2-4-6-16)22-20(23)14-25-21(24)13-19-12-17-9-10-18(19)11-17/h2-6,15,17-19H,7-14H2,1H3,(H,22,23)/t15-,17+,18+,19+/m1/s1. The average Bonchev–Trinajstić information content (AvgIpc) is 3.22. The predicted octanol–water partition coefficient (Wildman–Crippen LogP) is 3.49. The highest BCUT2D eigenvalue weighted by Crippen LogP contribution is 2.49. The highest BCUT2D eigenvalue weighted by atomic mass is 16.5. The molecule has 0 spiro atoms. The minimum absolute atomic E-state index is 0.0666. The van der Waals surface area contributed by atoms with Gasteiger partial charge in [-0.25, -0.2) is 0 Å². The van der Waals surface area contributed by atoms with Crippen LogP contribution in [0.25, 0.3) is 0 Å². The molecule has 2 aliphatic carbocycles. The summed E-state index contributed by atoms with van der Waals surface area (Å²) < 4.78 is 5.19. The van der Waals surface area contributed by atoms with Crippen molar-refractivity contribution in [3.63, 3.8) is 0 Å². The molecule has 0 heterocycles. The van der Waals surface area contributed by atoms with Crippen molar-refractivity contribution in [3.8, 4) is 0 Å². The monoisotopic (exact) mass is 343 g/mol. The quantitative estimate of drug-likeness (QED) is 0.735. The molecule has 1 aromatic carbocycles. The molecular formula is C21H29NO3. The first kappa shape index (κ1) is 18.0. The van der Waals surface area contributed by atoms with E-state index in [2.05, 4.69) is 17.4 Å². The van der Waals surface area contributed by atoms with Crippen LogP contribution in [0.5, 0.6) is 0 Å². The molecule has 0 saturated heterocycles. The van der Waals surface area contributed by atoms with Gasteiger partial charge in [0.1, 0.15) is 0 Å². The third kappa shape index (κ3) is 5.32. The number of carbonyl (C=O) groups excluding carboxylic acids is 2. The topological polar surface area (TPSA) is 55.4 Å². The third-order valence-electron chi connectivity index (χ3n) is 5.79. The van der Waals surface area contributed by atoms with Gasteiger partial charge in [0.15, 0.2) is 6.61 Å². The van der Waals surface area contributed by atoms with Crippen LogP contribution in [0.15, 0.2) is 30.3 Å². The van der Waals surface area contributed by atoms with Gasteiger partial charge in [-0.15, -0.1) is 0 Å². The Bertz CT molecular complexity index is 586. The van der Waals surface area contributed by atoms with Gasteiger partial charge in [-0.1, -0.05) is 36.8 Å². The molecule has 1 N–H and O–H groups in total. The van der Waals surface area contributed by atoms with Gasteiger partial charge in [0.05, 0.1) is 0 Å². The smallest absolute Gasteiger partial charge is 0.306 e. The lowest BCUT2D eigenvalue weighted by Crippen LogP contribution is -2.36. The second-order valence-electron chi connectivity index (χ2n) is 7.79. The number of carbonyl (C=O) groups is 2. The number of hydrogen-bond donors (Lipinski definition) is 1. The van der Waals surface area contributed by atoms with Gasteiger partial charge in [-0.3, -0.25) is 9.59 Å². The predicted molar refractivity (Wildman–Crippen MR) is 96.9 cm³/mol. The number of aryl methyl sites for hydroxylation is 1. The molecule has 0 aliphatic heterocycles. The fourth-order valence-electron chi connectivity index (χ4n) is 4.46. The lowest BCUT2D eigenvalue weighted by molar-refractivity contribution is -0.150. The number of rotatable bonds is 8. The van der Waals surface area contributed by atoms with E-state index in [1.807, 2.05) is 25.1 Å². The van der Waals surface area contributed by atoms with Crippen LogP contribution in [0.1, 0.15) is 51.0 Å². The van der Waals surface area contributed by atoms with Gasteiger partial charge >= 0.3 is 5.97 Å². The Morgan fingerprint density at radius 1 is 1.20 bits per heavy atom. The Morgan fingerprint density at radius 3 is 2.68 bits per heavy atom. The van der Waals surface area contributed by atoms with Gasteiger partial charge in [-0.05, 0) is 62.3 Å². The Kier molecular flexibility index (Phi) is 6.11. The highest BCUT2D eigenvalue weighted by Gasteiger charge is 2.40. The molecule has 0 aromatic heterocycles. The van der Waals surface area contributed by atoms with Crippen LogP contribution in [0.2, 0.25) is 0 Å². The zero-order chi connectivity index (χ0) is 17.6. The van der Waals surface area contributed by atoms with E-state index in [1.54, 1.807) is 0 Å². The van der Waals surface area contributed by atoms with E-state index in [-0.39, 0.29) is 24.5 Å². The van der Waals surface area contributed by atoms with Crippen molar-refractivity contribution in [2.75, 3.05) is 6.61 Å². The maximum Gasteiger partial charge on any atom is 0.306 e. The fourth-order valence-corrected chi connectivity index (χ4v) is 4.46. The molecule has 4 heteroatoms. The van der Waals surface area contributed by atoms with E-state index in [4.69, 9.17) is 4.74 Å². The highest BCUT2D eigenvalue weighted by molar-refractivity contribution is 5.80. The number of amides is 1. The van der Waals surface area contributed by atoms with E-state index >= 15 is 0 Å². The molecule has 4 nitrogen and oxygen atoms in total. The Morgan fingerprint density at radius 2 is 2.00 bits per heavy atom. The Balaban J connectivity index is 1.30. The summed E-state index contributed by atoms with van der Waals surface area (Å²) in [4.78, 5) is 23.9. The largest absolute Gasteiger partial charge is 0.456 e. The van der Waals surface area contributed by atoms with Crippen LogP contribution >= 0.6 is 0 Å². The molecule has 2 bridgehead atoms. The normalized spacial score (nSPS) is 25.6. The number of ether oxygens (including phenoxy) is 1. The molecule has 2 aliphatic rings. The molecule has 0 radical (unpaired) electrons. The summed E-state index contributed by atoms with van der Waals surface area (Å²) in [6, 6.07) is 10.3. The summed E-state index contributed by atoms with van der Waals surface area (Å²) in [5.74, 6) is 1.60. The lowest BCUT2D eigenvalue weighted by Gasteiger charge is -2.20. The minimum Gasteiger partial charge on any atom is -0.456 e. The van der Waals surface area contributed by atoms with Gasteiger partial charge in [0.25, 0.3) is 5.91 Å². The summed E-state index contributed by atoms with van der Waals surface area (Å²) in [6.07, 6.45) is 7.33. The summed E-state index contributed by atoms with van der Waals surface area (Å²) in [5.41, 5.74) is 1.26. The molecule has 25 heavy (non-hydrogen) atoms. The fraction of sp³-hybridized carbons (Fsp3) is 0.619. The van der Waals surface area contributed by atoms with Gasteiger partial charge in [0.2, 0.25) is 0 Å². The summed E-state index contributed by atoms with van der Waals surface area (Å²) in [6.45, 7) is 1.83. The van der Waals surface area contributed by atoms with Crippen molar-refractivity contribution in [3.05, 3.63) is 35.9 Å². The van der Waals surface area contributed by atoms with Crippen molar-refractivity contribution >= 4 is 11.9 Å². The number of fused-ring (bicyclic) bond motifs is 2. The van der Waals surface area contributed by atoms with Crippen molar-refractivity contribution in [1.29, 1.82) is 0 Å². The van der Waals surface area contributed by atoms with E-state index in [0.29, 0.717) is 18.3 Å². The molecule has 136 valence electrons. The first-order valence-electron chi connectivity index (χ1n) is 9.59. The summed E-state index contributed by atoms with van der Waals surface area (Å²) >= 11 is 0. The van der Waals surface area contributed by atoms with E-state index in [9.17, 15) is 9.59 Å². The van der Waals surface area contributed by atoms with E-state index < -0.39 is 0 Å². The van der Waals surface area contributed by atoms with Crippen molar-refractivity contribution in [2.24, 2.45) is 17.8 Å². The second-order valence-corrected chi connectivity index (χ2v) is 7.79. The van der Waals surface area contributed by atoms with Crippen LogP contribution < -0.4 is 5.32 Å². The average molecular weight is 343 g/mol. The molecule has 3 rings (SSSR count). The zero-order valence-corrected chi connectivity index (χ0v) is 15.1. The first-order valence-corrected chi connectivity index (χ1v) is 9.59. The Hall–Kier alpha value is -1.84. The molecule has 1 amide bonds. The van der Waals surface area contributed by atoms with Crippen molar-refractivity contribution < 1.29 is 14.3 Å². The molecular weight excluding hydrogens is 314 g/mol. The maximum absolute atomic E-state index is 12.0. The van der Waals surface area contributed by atoms with Crippen molar-refractivity contribution in [2.45, 2.75) is 57.9 Å². The molecule has 4 atom stereocenters. The SMILES string of the molecule is C[C@H](CCc1ccccc1)NC(=O)COC(=O)C[C@@H]1C[C@H]2CC[C@H]1C2. The molecule has 1 aromatic rings. The first-order chi connectivity index (χ1) is 12.1. The second kappa shape index (κ2) is 8.50. The zero-order valence-electron chi connectivity index (χ0n) is 15.1. The lowest BCUT2D eigenvalue weighted by atomic mass is 9.86. The van der Waals surface area contributed by atoms with E-state index in [0.717, 1.165) is 18.8 Å². The molecule has 0 unspecified atom stereocenters. The minimum atomic E-state index is -0.218.